The van der Waals surface area contributed by atoms with E-state index in [2.05, 4.69) is 19.9 Å². The number of aromatic nitrogens is 3. The van der Waals surface area contributed by atoms with Gasteiger partial charge in [0.15, 0.2) is 11.6 Å². The van der Waals surface area contributed by atoms with Gasteiger partial charge in [0.25, 0.3) is 5.56 Å². The van der Waals surface area contributed by atoms with Crippen molar-refractivity contribution in [3.63, 3.8) is 0 Å². The normalized spacial score (nSPS) is 17.6. The molecule has 0 unspecified atom stereocenters. The second kappa shape index (κ2) is 7.98. The zero-order chi connectivity index (χ0) is 19.5. The summed E-state index contributed by atoms with van der Waals surface area (Å²) in [6.07, 6.45) is 5.19. The number of H-pyrrole nitrogens is 1. The van der Waals surface area contributed by atoms with E-state index in [-0.39, 0.29) is 11.5 Å². The predicted molar refractivity (Wildman–Crippen MR) is 102 cm³/mol. The third-order valence-corrected chi connectivity index (χ3v) is 5.02. The van der Waals surface area contributed by atoms with Crippen molar-refractivity contribution >= 4 is 0 Å². The fourth-order valence-electron chi connectivity index (χ4n) is 3.66. The third-order valence-electron chi connectivity index (χ3n) is 5.02. The lowest BCUT2D eigenvalue weighted by Gasteiger charge is -2.32. The van der Waals surface area contributed by atoms with Crippen LogP contribution in [-0.4, -0.2) is 32.9 Å². The molecule has 7 heteroatoms. The van der Waals surface area contributed by atoms with Gasteiger partial charge in [-0.2, -0.15) is 0 Å². The van der Waals surface area contributed by atoms with Crippen molar-refractivity contribution < 1.29 is 8.78 Å². The molecule has 0 radical (unpaired) electrons. The largest absolute Gasteiger partial charge is 0.310 e. The van der Waals surface area contributed by atoms with Gasteiger partial charge in [0.2, 0.25) is 0 Å². The van der Waals surface area contributed by atoms with Gasteiger partial charge in [0.05, 0.1) is 5.69 Å². The Morgan fingerprint density at radius 2 is 1.93 bits per heavy atom. The molecule has 1 N–H and O–H groups in total. The molecule has 1 aliphatic heterocycles. The highest BCUT2D eigenvalue weighted by Crippen LogP contribution is 2.26. The Labute approximate surface area is 161 Å². The first kappa shape index (κ1) is 18.4. The van der Waals surface area contributed by atoms with Crippen LogP contribution in [0.3, 0.4) is 0 Å². The fourth-order valence-corrected chi connectivity index (χ4v) is 3.66. The Bertz CT molecular complexity index is 1020. The average molecular weight is 382 g/mol. The van der Waals surface area contributed by atoms with Crippen molar-refractivity contribution in [3.05, 3.63) is 82.2 Å². The number of benzene rings is 1. The van der Waals surface area contributed by atoms with Crippen LogP contribution in [0.25, 0.3) is 11.3 Å². The maximum atomic E-state index is 13.5. The number of pyridine rings is 1. The first-order valence-corrected chi connectivity index (χ1v) is 9.26. The van der Waals surface area contributed by atoms with E-state index in [0.29, 0.717) is 24.6 Å². The van der Waals surface area contributed by atoms with E-state index < -0.39 is 11.6 Å². The van der Waals surface area contributed by atoms with Crippen LogP contribution in [0.2, 0.25) is 0 Å². The monoisotopic (exact) mass is 382 g/mol. The lowest BCUT2D eigenvalue weighted by Crippen LogP contribution is -2.35. The van der Waals surface area contributed by atoms with Gasteiger partial charge in [-0.05, 0) is 49.2 Å². The summed E-state index contributed by atoms with van der Waals surface area (Å²) < 4.78 is 26.6. The number of nitrogens with one attached hydrogen (secondary N) is 1. The number of nitrogens with zero attached hydrogens (tertiary/aromatic N) is 3. The molecule has 1 fully saturated rings. The van der Waals surface area contributed by atoms with Crippen molar-refractivity contribution in [3.8, 4) is 11.3 Å². The summed E-state index contributed by atoms with van der Waals surface area (Å²) in [4.78, 5) is 25.9. The van der Waals surface area contributed by atoms with E-state index in [1.807, 2.05) is 12.1 Å². The van der Waals surface area contributed by atoms with Crippen LogP contribution in [0.4, 0.5) is 8.78 Å². The molecule has 0 aliphatic carbocycles. The van der Waals surface area contributed by atoms with Crippen LogP contribution in [0.1, 0.15) is 30.1 Å². The van der Waals surface area contributed by atoms with Crippen molar-refractivity contribution in [1.29, 1.82) is 0 Å². The molecule has 1 saturated heterocycles. The number of hydrogen-bond donors (Lipinski definition) is 1. The predicted octanol–water partition coefficient (Wildman–Crippen LogP) is 3.49. The molecule has 1 atom stereocenters. The van der Waals surface area contributed by atoms with E-state index >= 15 is 0 Å². The average Bonchev–Trinajstić information content (AvgIpc) is 2.71. The quantitative estimate of drug-likeness (QED) is 0.750. The molecule has 0 amide bonds. The standard InChI is InChI=1S/C21H20F2N4O/c22-17-4-3-14(10-18(17)23)12-27-9-1-2-16(13-27)21-25-19(11-20(28)26-21)15-5-7-24-8-6-15/h3-8,10-11,16H,1-2,9,12-13H2,(H,25,26,28)/t16-/m1/s1. The summed E-state index contributed by atoms with van der Waals surface area (Å²) >= 11 is 0. The molecule has 1 aromatic carbocycles. The summed E-state index contributed by atoms with van der Waals surface area (Å²) in [5, 5.41) is 0. The van der Waals surface area contributed by atoms with Gasteiger partial charge in [0, 0.05) is 43.0 Å². The van der Waals surface area contributed by atoms with Gasteiger partial charge < -0.3 is 4.98 Å². The minimum absolute atomic E-state index is 0.0773. The molecule has 3 heterocycles. The Morgan fingerprint density at radius 3 is 2.71 bits per heavy atom. The number of piperidine rings is 1. The van der Waals surface area contributed by atoms with Crippen molar-refractivity contribution in [2.45, 2.75) is 25.3 Å². The zero-order valence-electron chi connectivity index (χ0n) is 15.2. The summed E-state index contributed by atoms with van der Waals surface area (Å²) in [5.41, 5.74) is 2.01. The maximum Gasteiger partial charge on any atom is 0.251 e. The SMILES string of the molecule is O=c1cc(-c2ccncc2)nc([C@@H]2CCCN(Cc3ccc(F)c(F)c3)C2)[nH]1. The summed E-state index contributed by atoms with van der Waals surface area (Å²) in [6, 6.07) is 9.13. The van der Waals surface area contributed by atoms with Gasteiger partial charge in [-0.1, -0.05) is 6.07 Å². The van der Waals surface area contributed by atoms with E-state index in [0.717, 1.165) is 36.6 Å². The summed E-state index contributed by atoms with van der Waals surface area (Å²) in [6.45, 7) is 2.09. The summed E-state index contributed by atoms with van der Waals surface area (Å²) in [5.74, 6) is -0.931. The van der Waals surface area contributed by atoms with Gasteiger partial charge in [0.1, 0.15) is 5.82 Å². The second-order valence-electron chi connectivity index (χ2n) is 7.07. The smallest absolute Gasteiger partial charge is 0.251 e. The molecular formula is C21H20F2N4O. The minimum Gasteiger partial charge on any atom is -0.310 e. The maximum absolute atomic E-state index is 13.5. The Morgan fingerprint density at radius 1 is 1.11 bits per heavy atom. The number of aromatic amines is 1. The lowest BCUT2D eigenvalue weighted by molar-refractivity contribution is 0.196. The van der Waals surface area contributed by atoms with E-state index in [4.69, 9.17) is 0 Å². The van der Waals surface area contributed by atoms with Crippen molar-refractivity contribution in [2.75, 3.05) is 13.1 Å². The van der Waals surface area contributed by atoms with Gasteiger partial charge in [-0.3, -0.25) is 14.7 Å². The Hall–Kier alpha value is -2.93. The van der Waals surface area contributed by atoms with Crippen LogP contribution < -0.4 is 5.56 Å². The van der Waals surface area contributed by atoms with Gasteiger partial charge >= 0.3 is 0 Å². The molecule has 4 rings (SSSR count). The molecule has 0 spiro atoms. The van der Waals surface area contributed by atoms with Crippen LogP contribution in [0.15, 0.2) is 53.6 Å². The van der Waals surface area contributed by atoms with Crippen LogP contribution >= 0.6 is 0 Å². The molecular weight excluding hydrogens is 362 g/mol. The van der Waals surface area contributed by atoms with Gasteiger partial charge in [-0.25, -0.2) is 13.8 Å². The molecule has 28 heavy (non-hydrogen) atoms. The fraction of sp³-hybridized carbons (Fsp3) is 0.286. The Balaban J connectivity index is 1.53. The Kier molecular flexibility index (Phi) is 5.25. The van der Waals surface area contributed by atoms with Crippen molar-refractivity contribution in [1.82, 2.24) is 19.9 Å². The number of halogens is 2. The van der Waals surface area contributed by atoms with Crippen LogP contribution in [0, 0.1) is 11.6 Å². The van der Waals surface area contributed by atoms with E-state index in [1.165, 1.54) is 12.1 Å². The van der Waals surface area contributed by atoms with Crippen molar-refractivity contribution in [2.24, 2.45) is 0 Å². The first-order valence-electron chi connectivity index (χ1n) is 9.26. The molecule has 2 aromatic heterocycles. The lowest BCUT2D eigenvalue weighted by atomic mass is 9.96. The number of likely N-dealkylation sites (tertiary alicyclic amines) is 1. The highest BCUT2D eigenvalue weighted by molar-refractivity contribution is 5.57. The number of hydrogen-bond acceptors (Lipinski definition) is 4. The minimum atomic E-state index is -0.838. The highest BCUT2D eigenvalue weighted by Gasteiger charge is 2.24. The first-order chi connectivity index (χ1) is 13.6. The third kappa shape index (κ3) is 4.14. The van der Waals surface area contributed by atoms with Crippen LogP contribution in [-0.2, 0) is 6.54 Å². The highest BCUT2D eigenvalue weighted by atomic mass is 19.2. The van der Waals surface area contributed by atoms with Gasteiger partial charge in [-0.15, -0.1) is 0 Å². The molecule has 144 valence electrons. The topological polar surface area (TPSA) is 61.9 Å². The van der Waals surface area contributed by atoms with E-state index in [1.54, 1.807) is 18.5 Å². The second-order valence-corrected chi connectivity index (χ2v) is 7.07. The molecule has 3 aromatic rings. The molecule has 5 nitrogen and oxygen atoms in total. The number of rotatable bonds is 4. The molecule has 0 saturated carbocycles. The van der Waals surface area contributed by atoms with Crippen LogP contribution in [0.5, 0.6) is 0 Å². The van der Waals surface area contributed by atoms with E-state index in [9.17, 15) is 13.6 Å². The zero-order valence-corrected chi connectivity index (χ0v) is 15.2. The molecule has 1 aliphatic rings. The molecule has 0 bridgehead atoms. The summed E-state index contributed by atoms with van der Waals surface area (Å²) in [7, 11) is 0.